The molecule has 0 aliphatic heterocycles. The number of nitrogens with one attached hydrogen (secondary N) is 2. The number of ether oxygens (including phenoxy) is 3. The molecule has 2 amide bonds. The molecule has 0 saturated carbocycles. The molecule has 0 saturated heterocycles. The van der Waals surface area contributed by atoms with Gasteiger partial charge in [-0.3, -0.25) is 9.59 Å². The number of hydrogen-bond acceptors (Lipinski definition) is 5. The lowest BCUT2D eigenvalue weighted by Gasteiger charge is -2.16. The van der Waals surface area contributed by atoms with Crippen molar-refractivity contribution in [1.82, 2.24) is 0 Å². The first-order valence-electron chi connectivity index (χ1n) is 11.0. The van der Waals surface area contributed by atoms with E-state index in [4.69, 9.17) is 14.2 Å². The lowest BCUT2D eigenvalue weighted by molar-refractivity contribution is -0.116. The number of anilines is 2. The Morgan fingerprint density at radius 1 is 0.824 bits per heavy atom. The highest BCUT2D eigenvalue weighted by molar-refractivity contribution is 6.05. The molecule has 0 aliphatic carbocycles. The average Bonchev–Trinajstić information content (AvgIpc) is 2.83. The molecule has 0 unspecified atom stereocenters. The van der Waals surface area contributed by atoms with Crippen molar-refractivity contribution in [2.75, 3.05) is 24.9 Å². The molecule has 0 aromatic heterocycles. The summed E-state index contributed by atoms with van der Waals surface area (Å²) in [6, 6.07) is 19.9. The van der Waals surface area contributed by atoms with Crippen LogP contribution in [-0.4, -0.2) is 26.0 Å². The molecule has 7 nitrogen and oxygen atoms in total. The van der Waals surface area contributed by atoms with Gasteiger partial charge < -0.3 is 24.8 Å². The second-order valence-corrected chi connectivity index (χ2v) is 8.16. The lowest BCUT2D eigenvalue weighted by Crippen LogP contribution is -2.14. The van der Waals surface area contributed by atoms with E-state index in [1.54, 1.807) is 36.4 Å². The Morgan fingerprint density at radius 2 is 1.38 bits per heavy atom. The summed E-state index contributed by atoms with van der Waals surface area (Å²) in [5.74, 6) is 1.12. The maximum Gasteiger partial charge on any atom is 0.255 e. The minimum Gasteiger partial charge on any atom is -0.493 e. The van der Waals surface area contributed by atoms with Gasteiger partial charge in [0.05, 0.1) is 14.2 Å². The average molecular weight is 463 g/mol. The lowest BCUT2D eigenvalue weighted by atomic mass is 10.1. The quantitative estimate of drug-likeness (QED) is 0.414. The van der Waals surface area contributed by atoms with Crippen LogP contribution in [-0.2, 0) is 11.4 Å². The van der Waals surface area contributed by atoms with Gasteiger partial charge in [0.25, 0.3) is 5.91 Å². The standard InChI is InChI=1S/C27H30N2O5/c1-18(2)14-25(30)28-21-10-12-22(13-11-21)29-27(31)20-15-23(32-3)26(24(16-20)33-4)34-17-19-8-6-5-7-9-19/h5-13,15-16,18H,14,17H2,1-4H3,(H,28,30)(H,29,31). The predicted octanol–water partition coefficient (Wildman–Crippen LogP) is 5.52. The molecule has 0 spiro atoms. The fraction of sp³-hybridized carbons (Fsp3) is 0.259. The SMILES string of the molecule is COc1cc(C(=O)Nc2ccc(NC(=O)CC(C)C)cc2)cc(OC)c1OCc1ccccc1. The summed E-state index contributed by atoms with van der Waals surface area (Å²) in [6.07, 6.45) is 0.452. The van der Waals surface area contributed by atoms with E-state index in [0.717, 1.165) is 5.56 Å². The normalized spacial score (nSPS) is 10.5. The zero-order valence-corrected chi connectivity index (χ0v) is 19.9. The van der Waals surface area contributed by atoms with Crippen LogP contribution in [0.1, 0.15) is 36.2 Å². The topological polar surface area (TPSA) is 85.9 Å². The van der Waals surface area contributed by atoms with Crippen molar-refractivity contribution in [3.8, 4) is 17.2 Å². The molecule has 0 radical (unpaired) electrons. The summed E-state index contributed by atoms with van der Waals surface area (Å²) in [5.41, 5.74) is 2.62. The van der Waals surface area contributed by atoms with Gasteiger partial charge >= 0.3 is 0 Å². The Kier molecular flexibility index (Phi) is 8.51. The summed E-state index contributed by atoms with van der Waals surface area (Å²) in [6.45, 7) is 4.31. The number of hydrogen-bond donors (Lipinski definition) is 2. The molecule has 0 heterocycles. The van der Waals surface area contributed by atoms with E-state index in [-0.39, 0.29) is 17.7 Å². The summed E-state index contributed by atoms with van der Waals surface area (Å²) in [5, 5.41) is 5.69. The molecule has 3 rings (SSSR count). The molecule has 0 aliphatic rings. The number of methoxy groups -OCH3 is 2. The van der Waals surface area contributed by atoms with Crippen molar-refractivity contribution in [1.29, 1.82) is 0 Å². The van der Waals surface area contributed by atoms with Crippen molar-refractivity contribution in [3.63, 3.8) is 0 Å². The fourth-order valence-corrected chi connectivity index (χ4v) is 3.31. The van der Waals surface area contributed by atoms with Gasteiger partial charge in [-0.25, -0.2) is 0 Å². The molecule has 0 fully saturated rings. The van der Waals surface area contributed by atoms with Crippen LogP contribution in [0.2, 0.25) is 0 Å². The van der Waals surface area contributed by atoms with Gasteiger partial charge in [-0.05, 0) is 47.9 Å². The highest BCUT2D eigenvalue weighted by atomic mass is 16.5. The Labute approximate surface area is 200 Å². The van der Waals surface area contributed by atoms with E-state index in [9.17, 15) is 9.59 Å². The maximum absolute atomic E-state index is 12.9. The second kappa shape index (κ2) is 11.7. The number of benzene rings is 3. The first-order valence-corrected chi connectivity index (χ1v) is 11.0. The highest BCUT2D eigenvalue weighted by Gasteiger charge is 2.18. The third-order valence-corrected chi connectivity index (χ3v) is 4.97. The molecular formula is C27H30N2O5. The third kappa shape index (κ3) is 6.75. The predicted molar refractivity (Wildman–Crippen MR) is 133 cm³/mol. The van der Waals surface area contributed by atoms with Crippen molar-refractivity contribution in [3.05, 3.63) is 77.9 Å². The van der Waals surface area contributed by atoms with Gasteiger partial charge in [-0.1, -0.05) is 44.2 Å². The molecule has 3 aromatic carbocycles. The van der Waals surface area contributed by atoms with E-state index in [2.05, 4.69) is 10.6 Å². The minimum atomic E-state index is -0.331. The molecule has 2 N–H and O–H groups in total. The number of carbonyl (C=O) groups is 2. The smallest absolute Gasteiger partial charge is 0.255 e. The third-order valence-electron chi connectivity index (χ3n) is 4.97. The van der Waals surface area contributed by atoms with Crippen LogP contribution in [0.3, 0.4) is 0 Å². The number of carbonyl (C=O) groups excluding carboxylic acids is 2. The van der Waals surface area contributed by atoms with Crippen molar-refractivity contribution >= 4 is 23.2 Å². The van der Waals surface area contributed by atoms with E-state index in [1.807, 2.05) is 44.2 Å². The Hall–Kier alpha value is -4.00. The van der Waals surface area contributed by atoms with Gasteiger partial charge in [0.1, 0.15) is 6.61 Å². The Balaban J connectivity index is 1.71. The molecular weight excluding hydrogens is 432 g/mol. The van der Waals surface area contributed by atoms with Crippen molar-refractivity contribution < 1.29 is 23.8 Å². The van der Waals surface area contributed by atoms with Crippen LogP contribution in [0.5, 0.6) is 17.2 Å². The summed E-state index contributed by atoms with van der Waals surface area (Å²) >= 11 is 0. The summed E-state index contributed by atoms with van der Waals surface area (Å²) in [4.78, 5) is 24.8. The first kappa shape index (κ1) is 24.6. The van der Waals surface area contributed by atoms with E-state index >= 15 is 0 Å². The number of amides is 2. The van der Waals surface area contributed by atoms with E-state index < -0.39 is 0 Å². The summed E-state index contributed by atoms with van der Waals surface area (Å²) < 4.78 is 16.9. The first-order chi connectivity index (χ1) is 16.4. The maximum atomic E-state index is 12.9. The van der Waals surface area contributed by atoms with Crippen LogP contribution >= 0.6 is 0 Å². The molecule has 7 heteroatoms. The Bertz CT molecular complexity index is 1090. The molecule has 34 heavy (non-hydrogen) atoms. The monoisotopic (exact) mass is 462 g/mol. The Morgan fingerprint density at radius 3 is 1.91 bits per heavy atom. The molecule has 178 valence electrons. The minimum absolute atomic E-state index is 0.0412. The van der Waals surface area contributed by atoms with Crippen molar-refractivity contribution in [2.45, 2.75) is 26.9 Å². The highest BCUT2D eigenvalue weighted by Crippen LogP contribution is 2.39. The summed E-state index contributed by atoms with van der Waals surface area (Å²) in [7, 11) is 3.02. The molecule has 0 bridgehead atoms. The van der Waals surface area contributed by atoms with Crippen LogP contribution in [0.25, 0.3) is 0 Å². The van der Waals surface area contributed by atoms with Crippen LogP contribution in [0.4, 0.5) is 11.4 Å². The van der Waals surface area contributed by atoms with Crippen LogP contribution in [0.15, 0.2) is 66.7 Å². The van der Waals surface area contributed by atoms with Gasteiger partial charge in [0.15, 0.2) is 11.5 Å². The number of rotatable bonds is 10. The van der Waals surface area contributed by atoms with E-state index in [0.29, 0.717) is 47.2 Å². The van der Waals surface area contributed by atoms with Gasteiger partial charge in [0.2, 0.25) is 11.7 Å². The molecule has 0 atom stereocenters. The van der Waals surface area contributed by atoms with Crippen LogP contribution in [0, 0.1) is 5.92 Å². The van der Waals surface area contributed by atoms with Crippen LogP contribution < -0.4 is 24.8 Å². The van der Waals surface area contributed by atoms with Crippen molar-refractivity contribution in [2.24, 2.45) is 5.92 Å². The molecule has 3 aromatic rings. The zero-order valence-electron chi connectivity index (χ0n) is 19.9. The zero-order chi connectivity index (χ0) is 24.5. The van der Waals surface area contributed by atoms with Gasteiger partial charge in [-0.15, -0.1) is 0 Å². The van der Waals surface area contributed by atoms with Gasteiger partial charge in [-0.2, -0.15) is 0 Å². The largest absolute Gasteiger partial charge is 0.493 e. The van der Waals surface area contributed by atoms with Gasteiger partial charge in [0, 0.05) is 23.4 Å². The second-order valence-electron chi connectivity index (χ2n) is 8.16. The fourth-order valence-electron chi connectivity index (χ4n) is 3.31. The van der Waals surface area contributed by atoms with E-state index in [1.165, 1.54) is 14.2 Å².